The van der Waals surface area contributed by atoms with Crippen molar-refractivity contribution < 1.29 is 110 Å². The number of carbonyl (C=O) groups excluding carboxylic acids is 8. The van der Waals surface area contributed by atoms with Gasteiger partial charge in [0, 0.05) is 78.9 Å². The fraction of sp³-hybridized carbons (Fsp3) is 0.500. The van der Waals surface area contributed by atoms with Crippen LogP contribution in [-0.2, 0) is 38.4 Å². The Bertz CT molecular complexity index is 373. The summed E-state index contributed by atoms with van der Waals surface area (Å²) in [5.74, 6) is -8.67. The third-order valence-corrected chi connectivity index (χ3v) is 0. The maximum absolute atomic E-state index is 8.89. The van der Waals surface area contributed by atoms with E-state index < -0.39 is 47.8 Å². The van der Waals surface area contributed by atoms with Crippen LogP contribution in [0.25, 0.3) is 0 Å². The van der Waals surface area contributed by atoms with Crippen LogP contribution < -0.4 is 40.9 Å². The number of carbonyl (C=O) groups is 8. The summed E-state index contributed by atoms with van der Waals surface area (Å²) in [5, 5.41) is 71.1. The topological polar surface area (TPSA) is 321 Å². The molecule has 198 valence electrons. The van der Waals surface area contributed by atoms with E-state index in [0.29, 0.717) is 0 Å². The maximum Gasteiger partial charge on any atom is 2.00 e. The molecule has 0 saturated carbocycles. The quantitative estimate of drug-likeness (QED) is 0.204. The normalized spacial score (nSPS) is 5.88. The van der Waals surface area contributed by atoms with Crippen molar-refractivity contribution in [2.75, 3.05) is 0 Å². The molecule has 0 rings (SSSR count). The molecule has 0 aromatic carbocycles. The third-order valence-electron chi connectivity index (χ3n) is 0. The first-order chi connectivity index (χ1) is 13.9. The Hall–Kier alpha value is -2.27. The first-order valence-corrected chi connectivity index (χ1v) is 7.27. The molecule has 0 fully saturated rings. The van der Waals surface area contributed by atoms with Gasteiger partial charge in [-0.3, -0.25) is 0 Å². The van der Waals surface area contributed by atoms with Gasteiger partial charge >= 0.3 is 27.3 Å². The summed E-state index contributed by atoms with van der Waals surface area (Å²) in [5.41, 5.74) is 0. The number of hydrogen-bond acceptors (Lipinski definition) is 16. The van der Waals surface area contributed by atoms with E-state index in [2.05, 4.69) is 0 Å². The molecule has 18 heteroatoms. The molecule has 0 amide bonds. The van der Waals surface area contributed by atoms with Gasteiger partial charge in [0.2, 0.25) is 0 Å². The zero-order valence-corrected chi connectivity index (χ0v) is 27.6. The standard InChI is InChI=1S/8C2H4O2.Pb.U/c8*1-2(3)4;;/h8*1H3,(H,3,4);;/q;;;;;;;;+2;/p-8. The van der Waals surface area contributed by atoms with Crippen molar-refractivity contribution in [3.05, 3.63) is 0 Å². The monoisotopic (exact) mass is 918 g/mol. The summed E-state index contributed by atoms with van der Waals surface area (Å²) in [4.78, 5) is 71.1. The van der Waals surface area contributed by atoms with Crippen LogP contribution in [-0.4, -0.2) is 75.1 Å². The summed E-state index contributed by atoms with van der Waals surface area (Å²) in [6.07, 6.45) is 0. The summed E-state index contributed by atoms with van der Waals surface area (Å²) in [6.45, 7) is 7.78. The molecule has 0 aliphatic heterocycles. The molecule has 0 heterocycles. The van der Waals surface area contributed by atoms with Crippen LogP contribution in [0.3, 0.4) is 0 Å². The van der Waals surface area contributed by atoms with E-state index in [1.165, 1.54) is 0 Å². The molecule has 0 unspecified atom stereocenters. The Kier molecular flexibility index (Phi) is 107. The Labute approximate surface area is 239 Å². The van der Waals surface area contributed by atoms with Crippen molar-refractivity contribution >= 4 is 75.1 Å². The zero-order valence-electron chi connectivity index (χ0n) is 19.5. The molecule has 0 atom stereocenters. The summed E-state index contributed by atoms with van der Waals surface area (Å²) < 4.78 is 0. The predicted octanol–water partition coefficient (Wildman–Crippen LogP) is -10.3. The van der Waals surface area contributed by atoms with Crippen molar-refractivity contribution in [1.29, 1.82) is 0 Å². The van der Waals surface area contributed by atoms with Gasteiger partial charge in [-0.1, -0.05) is 0 Å². The first-order valence-electron chi connectivity index (χ1n) is 7.27. The van der Waals surface area contributed by atoms with Gasteiger partial charge in [-0.25, -0.2) is 0 Å². The summed E-state index contributed by atoms with van der Waals surface area (Å²) >= 11 is 0. The number of carboxylic acid groups (broad SMARTS) is 8. The van der Waals surface area contributed by atoms with Gasteiger partial charge < -0.3 is 79.2 Å². The second-order valence-electron chi connectivity index (χ2n) is 3.93. The zero-order chi connectivity index (χ0) is 28.6. The smallest absolute Gasteiger partial charge is 0.550 e. The van der Waals surface area contributed by atoms with Crippen LogP contribution in [0.4, 0.5) is 0 Å². The molecule has 0 N–H and O–H groups in total. The van der Waals surface area contributed by atoms with Crippen molar-refractivity contribution in [2.24, 2.45) is 0 Å². The molecule has 0 aliphatic carbocycles. The fourth-order valence-electron chi connectivity index (χ4n) is 0. The van der Waals surface area contributed by atoms with Crippen LogP contribution in [0.1, 0.15) is 55.4 Å². The van der Waals surface area contributed by atoms with Crippen LogP contribution in [0, 0.1) is 31.1 Å². The fourth-order valence-corrected chi connectivity index (χ4v) is 0. The molecular formula is C16H24O16PbU-6. The number of rotatable bonds is 0. The van der Waals surface area contributed by atoms with Crippen molar-refractivity contribution in [3.8, 4) is 0 Å². The molecular weight excluding hydrogens is 893 g/mol. The third kappa shape index (κ3) is 4780. The van der Waals surface area contributed by atoms with Gasteiger partial charge in [0.05, 0.1) is 0 Å². The maximum atomic E-state index is 8.89. The van der Waals surface area contributed by atoms with E-state index in [-0.39, 0.29) is 58.4 Å². The minimum absolute atomic E-state index is 0. The molecule has 2 radical (unpaired) electrons. The van der Waals surface area contributed by atoms with Gasteiger partial charge in [-0.05, 0) is 55.4 Å². The van der Waals surface area contributed by atoms with E-state index in [1.54, 1.807) is 0 Å². The van der Waals surface area contributed by atoms with E-state index >= 15 is 0 Å². The summed E-state index contributed by atoms with van der Waals surface area (Å²) in [6, 6.07) is 0. The van der Waals surface area contributed by atoms with Crippen LogP contribution in [0.5, 0.6) is 0 Å². The number of aliphatic carboxylic acids is 8. The second-order valence-corrected chi connectivity index (χ2v) is 3.93. The minimum atomic E-state index is -1.08. The van der Waals surface area contributed by atoms with Crippen molar-refractivity contribution in [1.82, 2.24) is 0 Å². The minimum Gasteiger partial charge on any atom is -0.550 e. The average Bonchev–Trinajstić information content (AvgIpc) is 2.30. The SMILES string of the molecule is CC(=O)[O-].CC(=O)[O-].CC(=O)[O-].CC(=O)[O-].CC(=O)[O-].CC(=O)[O-].CC(=O)[O-].CC(=O)[O-].[Pb+2].[U]. The molecule has 34 heavy (non-hydrogen) atoms. The second kappa shape index (κ2) is 57.5. The van der Waals surface area contributed by atoms with Gasteiger partial charge in [0.1, 0.15) is 0 Å². The van der Waals surface area contributed by atoms with Gasteiger partial charge in [0.25, 0.3) is 0 Å². The first kappa shape index (κ1) is 63.5. The van der Waals surface area contributed by atoms with Gasteiger partial charge in [0.15, 0.2) is 0 Å². The Morgan fingerprint density at radius 1 is 0.294 bits per heavy atom. The number of hydrogen-bond donors (Lipinski definition) is 0. The Morgan fingerprint density at radius 2 is 0.294 bits per heavy atom. The van der Waals surface area contributed by atoms with Crippen molar-refractivity contribution in [2.45, 2.75) is 55.4 Å². The molecule has 0 aliphatic rings. The van der Waals surface area contributed by atoms with Gasteiger partial charge in [-0.15, -0.1) is 0 Å². The van der Waals surface area contributed by atoms with Crippen LogP contribution >= 0.6 is 0 Å². The average molecular weight is 918 g/mol. The van der Waals surface area contributed by atoms with E-state index in [0.717, 1.165) is 55.4 Å². The number of carboxylic acids is 8. The molecule has 0 aromatic heterocycles. The Morgan fingerprint density at radius 3 is 0.294 bits per heavy atom. The molecule has 0 bridgehead atoms. The van der Waals surface area contributed by atoms with Crippen LogP contribution in [0.2, 0.25) is 0 Å². The molecule has 0 aromatic rings. The van der Waals surface area contributed by atoms with E-state index in [4.69, 9.17) is 79.2 Å². The summed E-state index contributed by atoms with van der Waals surface area (Å²) in [7, 11) is 0. The van der Waals surface area contributed by atoms with E-state index in [9.17, 15) is 0 Å². The predicted molar refractivity (Wildman–Crippen MR) is 91.2 cm³/mol. The molecule has 0 spiro atoms. The Balaban J connectivity index is -0.0000000240. The van der Waals surface area contributed by atoms with E-state index in [1.807, 2.05) is 0 Å². The largest absolute Gasteiger partial charge is 2.00 e. The molecule has 16 nitrogen and oxygen atoms in total. The molecule has 0 saturated heterocycles. The van der Waals surface area contributed by atoms with Crippen molar-refractivity contribution in [3.63, 3.8) is 0 Å². The van der Waals surface area contributed by atoms with Gasteiger partial charge in [-0.2, -0.15) is 0 Å². The van der Waals surface area contributed by atoms with Crippen LogP contribution in [0.15, 0.2) is 0 Å².